The molecular weight excluding hydrogens is 442 g/mol. The molecule has 1 fully saturated rings. The second-order valence-corrected chi connectivity index (χ2v) is 9.41. The van der Waals surface area contributed by atoms with Crippen molar-refractivity contribution in [2.45, 2.75) is 19.0 Å². The molecule has 2 N–H and O–H groups in total. The van der Waals surface area contributed by atoms with Gasteiger partial charge in [0.1, 0.15) is 0 Å². The number of hydrogen-bond donors (Lipinski definition) is 2. The van der Waals surface area contributed by atoms with Gasteiger partial charge in [-0.3, -0.25) is 19.4 Å². The van der Waals surface area contributed by atoms with Crippen molar-refractivity contribution in [2.75, 3.05) is 71.5 Å². The van der Waals surface area contributed by atoms with Crippen LogP contribution >= 0.6 is 0 Å². The Labute approximate surface area is 208 Å². The van der Waals surface area contributed by atoms with E-state index >= 15 is 0 Å². The number of amides is 2. The van der Waals surface area contributed by atoms with E-state index < -0.39 is 11.8 Å². The van der Waals surface area contributed by atoms with Crippen LogP contribution in [0.3, 0.4) is 0 Å². The van der Waals surface area contributed by atoms with E-state index in [4.69, 9.17) is 4.74 Å². The van der Waals surface area contributed by atoms with E-state index in [0.29, 0.717) is 26.3 Å². The molecule has 0 bridgehead atoms. The summed E-state index contributed by atoms with van der Waals surface area (Å²) < 4.78 is 5.34. The maximum Gasteiger partial charge on any atom is 0.309 e. The number of fused-ring (bicyclic) bond motifs is 1. The first-order chi connectivity index (χ1) is 17.0. The molecule has 0 aliphatic carbocycles. The molecule has 0 saturated carbocycles. The lowest BCUT2D eigenvalue weighted by Gasteiger charge is -2.36. The zero-order valence-electron chi connectivity index (χ0n) is 20.8. The number of ether oxygens (including phenoxy) is 1. The van der Waals surface area contributed by atoms with Crippen molar-refractivity contribution in [3.8, 4) is 0 Å². The van der Waals surface area contributed by atoms with E-state index in [-0.39, 0.29) is 6.04 Å². The summed E-state index contributed by atoms with van der Waals surface area (Å²) >= 11 is 0. The van der Waals surface area contributed by atoms with Crippen molar-refractivity contribution in [2.24, 2.45) is 0 Å². The van der Waals surface area contributed by atoms with Crippen LogP contribution in [-0.2, 0) is 27.3 Å². The van der Waals surface area contributed by atoms with E-state index in [2.05, 4.69) is 73.9 Å². The predicted molar refractivity (Wildman–Crippen MR) is 137 cm³/mol. The average molecular weight is 480 g/mol. The third-order valence-corrected chi connectivity index (χ3v) is 6.87. The molecule has 1 atom stereocenters. The van der Waals surface area contributed by atoms with Gasteiger partial charge >= 0.3 is 11.8 Å². The zero-order chi connectivity index (χ0) is 24.6. The zero-order valence-corrected chi connectivity index (χ0v) is 20.8. The lowest BCUT2D eigenvalue weighted by molar-refractivity contribution is -0.139. The summed E-state index contributed by atoms with van der Waals surface area (Å²) in [7, 11) is 4.04. The van der Waals surface area contributed by atoms with Gasteiger partial charge in [0.25, 0.3) is 0 Å². The van der Waals surface area contributed by atoms with Gasteiger partial charge in [-0.05, 0) is 35.2 Å². The van der Waals surface area contributed by atoms with Crippen LogP contribution in [0.5, 0.6) is 0 Å². The topological polar surface area (TPSA) is 77.2 Å². The van der Waals surface area contributed by atoms with Gasteiger partial charge in [0, 0.05) is 65.6 Å². The Morgan fingerprint density at radius 2 is 1.63 bits per heavy atom. The number of nitrogens with one attached hydrogen (secondary N) is 2. The fourth-order valence-electron chi connectivity index (χ4n) is 4.74. The van der Waals surface area contributed by atoms with Crippen LogP contribution in [0.15, 0.2) is 48.5 Å². The van der Waals surface area contributed by atoms with Gasteiger partial charge in [-0.2, -0.15) is 0 Å². The summed E-state index contributed by atoms with van der Waals surface area (Å²) in [6, 6.07) is 16.9. The molecule has 1 unspecified atom stereocenters. The molecule has 2 amide bonds. The largest absolute Gasteiger partial charge is 0.379 e. The number of rotatable bonds is 8. The highest BCUT2D eigenvalue weighted by Crippen LogP contribution is 2.28. The van der Waals surface area contributed by atoms with Crippen molar-refractivity contribution in [1.29, 1.82) is 0 Å². The standard InChI is InChI=1S/C27H37N5O3/c1-30(2)24-9-7-22(8-10-24)25(32-13-11-21-5-3-4-6-23(21)20-32)19-29-27(34)26(33)28-12-14-31-15-17-35-18-16-31/h3-10,25H,11-20H2,1-2H3,(H,28,33)(H,29,34). The number of hydrogen-bond acceptors (Lipinski definition) is 6. The highest BCUT2D eigenvalue weighted by molar-refractivity contribution is 6.35. The van der Waals surface area contributed by atoms with Gasteiger partial charge in [0.2, 0.25) is 0 Å². The molecule has 2 aliphatic heterocycles. The minimum atomic E-state index is -0.584. The van der Waals surface area contributed by atoms with E-state index in [0.717, 1.165) is 50.4 Å². The second kappa shape index (κ2) is 12.2. The first kappa shape index (κ1) is 25.2. The maximum absolute atomic E-state index is 12.6. The summed E-state index contributed by atoms with van der Waals surface area (Å²) in [5.41, 5.74) is 4.96. The summed E-state index contributed by atoms with van der Waals surface area (Å²) in [5.74, 6) is -1.16. The summed E-state index contributed by atoms with van der Waals surface area (Å²) in [6.07, 6.45) is 0.971. The van der Waals surface area contributed by atoms with Gasteiger partial charge in [0.15, 0.2) is 0 Å². The van der Waals surface area contributed by atoms with Gasteiger partial charge in [-0.25, -0.2) is 0 Å². The average Bonchev–Trinajstić information content (AvgIpc) is 2.89. The molecule has 0 radical (unpaired) electrons. The number of nitrogens with zero attached hydrogens (tertiary/aromatic N) is 3. The predicted octanol–water partition coefficient (Wildman–Crippen LogP) is 1.42. The smallest absolute Gasteiger partial charge is 0.309 e. The monoisotopic (exact) mass is 479 g/mol. The molecule has 0 spiro atoms. The molecule has 188 valence electrons. The maximum atomic E-state index is 12.6. The van der Waals surface area contributed by atoms with Crippen molar-refractivity contribution in [3.63, 3.8) is 0 Å². The van der Waals surface area contributed by atoms with Crippen molar-refractivity contribution >= 4 is 17.5 Å². The van der Waals surface area contributed by atoms with Gasteiger partial charge in [-0.1, -0.05) is 36.4 Å². The van der Waals surface area contributed by atoms with Crippen LogP contribution in [0, 0.1) is 0 Å². The van der Waals surface area contributed by atoms with Crippen LogP contribution < -0.4 is 15.5 Å². The minimum Gasteiger partial charge on any atom is -0.379 e. The number of anilines is 1. The summed E-state index contributed by atoms with van der Waals surface area (Å²) in [4.78, 5) is 31.7. The molecule has 8 heteroatoms. The Morgan fingerprint density at radius 3 is 2.34 bits per heavy atom. The quantitative estimate of drug-likeness (QED) is 0.558. The second-order valence-electron chi connectivity index (χ2n) is 9.41. The molecule has 2 aliphatic rings. The highest BCUT2D eigenvalue weighted by atomic mass is 16.5. The number of benzene rings is 2. The fourth-order valence-corrected chi connectivity index (χ4v) is 4.74. The molecule has 4 rings (SSSR count). The Hall–Kier alpha value is -2.94. The van der Waals surface area contributed by atoms with Crippen molar-refractivity contribution in [3.05, 3.63) is 65.2 Å². The molecular formula is C27H37N5O3. The van der Waals surface area contributed by atoms with Crippen LogP contribution in [0.2, 0.25) is 0 Å². The molecule has 2 aromatic carbocycles. The van der Waals surface area contributed by atoms with Crippen molar-refractivity contribution in [1.82, 2.24) is 20.4 Å². The molecule has 0 aromatic heterocycles. The van der Waals surface area contributed by atoms with Crippen LogP contribution in [0.4, 0.5) is 5.69 Å². The lowest BCUT2D eigenvalue weighted by Crippen LogP contribution is -2.47. The van der Waals surface area contributed by atoms with Gasteiger partial charge in [0.05, 0.1) is 19.3 Å². The van der Waals surface area contributed by atoms with Crippen LogP contribution in [0.25, 0.3) is 0 Å². The Bertz CT molecular complexity index is 989. The SMILES string of the molecule is CN(C)c1ccc(C(CNC(=O)C(=O)NCCN2CCOCC2)N2CCc3ccccc3C2)cc1. The first-order valence-electron chi connectivity index (χ1n) is 12.5. The van der Waals surface area contributed by atoms with Gasteiger partial charge in [-0.15, -0.1) is 0 Å². The number of carbonyl (C=O) groups excluding carboxylic acids is 2. The molecule has 1 saturated heterocycles. The Morgan fingerprint density at radius 1 is 0.943 bits per heavy atom. The Kier molecular flexibility index (Phi) is 8.74. The van der Waals surface area contributed by atoms with Crippen LogP contribution in [0.1, 0.15) is 22.7 Å². The Balaban J connectivity index is 1.37. The fraction of sp³-hybridized carbons (Fsp3) is 0.481. The number of carbonyl (C=O) groups is 2. The molecule has 2 aromatic rings. The van der Waals surface area contributed by atoms with E-state index in [1.165, 1.54) is 11.1 Å². The van der Waals surface area contributed by atoms with Crippen LogP contribution in [-0.4, -0.2) is 88.2 Å². The third kappa shape index (κ3) is 6.81. The lowest BCUT2D eigenvalue weighted by atomic mass is 9.96. The minimum absolute atomic E-state index is 0.0235. The van der Waals surface area contributed by atoms with Crippen molar-refractivity contribution < 1.29 is 14.3 Å². The first-order valence-corrected chi connectivity index (χ1v) is 12.5. The van der Waals surface area contributed by atoms with E-state index in [1.54, 1.807) is 0 Å². The third-order valence-electron chi connectivity index (χ3n) is 6.87. The molecule has 8 nitrogen and oxygen atoms in total. The van der Waals surface area contributed by atoms with E-state index in [9.17, 15) is 9.59 Å². The molecule has 2 heterocycles. The van der Waals surface area contributed by atoms with Gasteiger partial charge < -0.3 is 20.3 Å². The van der Waals surface area contributed by atoms with E-state index in [1.807, 2.05) is 14.1 Å². The number of morpholine rings is 1. The summed E-state index contributed by atoms with van der Waals surface area (Å²) in [5, 5.41) is 5.64. The molecule has 35 heavy (non-hydrogen) atoms. The normalized spacial score (nSPS) is 17.3. The summed E-state index contributed by atoms with van der Waals surface area (Å²) in [6.45, 7) is 6.40. The highest BCUT2D eigenvalue weighted by Gasteiger charge is 2.26.